The number of carbonyl (C=O) groups excluding carboxylic acids is 1. The molecule has 1 unspecified atom stereocenters. The van der Waals surface area contributed by atoms with Crippen molar-refractivity contribution in [1.29, 1.82) is 0 Å². The Hall–Kier alpha value is -2.55. The van der Waals surface area contributed by atoms with E-state index >= 15 is 0 Å². The third kappa shape index (κ3) is 5.29. The normalized spacial score (nSPS) is 12.1. The lowest BCUT2D eigenvalue weighted by atomic mass is 10.0. The summed E-state index contributed by atoms with van der Waals surface area (Å²) in [4.78, 5) is 12.1. The van der Waals surface area contributed by atoms with Crippen LogP contribution in [0.15, 0.2) is 60.7 Å². The van der Waals surface area contributed by atoms with E-state index in [1.807, 2.05) is 67.6 Å². The zero-order chi connectivity index (χ0) is 16.5. The first kappa shape index (κ1) is 16.8. The second-order valence-corrected chi connectivity index (χ2v) is 5.22. The molecule has 120 valence electrons. The summed E-state index contributed by atoms with van der Waals surface area (Å²) >= 11 is 0. The zero-order valence-corrected chi connectivity index (χ0v) is 13.7. The van der Waals surface area contributed by atoms with Gasteiger partial charge >= 0.3 is 0 Å². The van der Waals surface area contributed by atoms with E-state index in [2.05, 4.69) is 12.2 Å². The van der Waals surface area contributed by atoms with Crippen molar-refractivity contribution < 1.29 is 9.53 Å². The first-order valence-electron chi connectivity index (χ1n) is 7.99. The van der Waals surface area contributed by atoms with E-state index < -0.39 is 0 Å². The number of nitrogens with one attached hydrogen (secondary N) is 1. The van der Waals surface area contributed by atoms with E-state index in [9.17, 15) is 4.79 Å². The Bertz CT molecular complexity index is 632. The Morgan fingerprint density at radius 3 is 2.39 bits per heavy atom. The monoisotopic (exact) mass is 309 g/mol. The van der Waals surface area contributed by atoms with Gasteiger partial charge in [0.2, 0.25) is 5.91 Å². The smallest absolute Gasteiger partial charge is 0.244 e. The number of hydrogen-bond donors (Lipinski definition) is 1. The number of hydrogen-bond acceptors (Lipinski definition) is 2. The van der Waals surface area contributed by atoms with E-state index in [1.165, 1.54) is 0 Å². The lowest BCUT2D eigenvalue weighted by Gasteiger charge is -2.16. The lowest BCUT2D eigenvalue weighted by molar-refractivity contribution is -0.117. The highest BCUT2D eigenvalue weighted by molar-refractivity contribution is 5.92. The third-order valence-corrected chi connectivity index (χ3v) is 3.54. The minimum absolute atomic E-state index is 0.0358. The summed E-state index contributed by atoms with van der Waals surface area (Å²) in [6.45, 7) is 4.67. The zero-order valence-electron chi connectivity index (χ0n) is 13.7. The highest BCUT2D eigenvalue weighted by Gasteiger charge is 2.10. The number of amides is 1. The van der Waals surface area contributed by atoms with Crippen LogP contribution in [-0.2, 0) is 4.79 Å². The van der Waals surface area contributed by atoms with Crippen LogP contribution in [-0.4, -0.2) is 12.5 Å². The molecule has 23 heavy (non-hydrogen) atoms. The number of benzene rings is 2. The highest BCUT2D eigenvalue weighted by atomic mass is 16.5. The van der Waals surface area contributed by atoms with Gasteiger partial charge in [-0.3, -0.25) is 4.79 Å². The van der Waals surface area contributed by atoms with Gasteiger partial charge in [-0.25, -0.2) is 0 Å². The summed E-state index contributed by atoms with van der Waals surface area (Å²) in [6.07, 6.45) is 4.23. The van der Waals surface area contributed by atoms with Crippen molar-refractivity contribution in [3.8, 4) is 5.75 Å². The van der Waals surface area contributed by atoms with Crippen LogP contribution in [0.5, 0.6) is 5.75 Å². The molecule has 3 nitrogen and oxygen atoms in total. The SMILES string of the molecule is CCOc1ccc(/C=C/C(=O)NC(CC)c2ccccc2)cc1. The second-order valence-electron chi connectivity index (χ2n) is 5.22. The first-order valence-corrected chi connectivity index (χ1v) is 7.99. The minimum atomic E-state index is -0.0883. The van der Waals surface area contributed by atoms with Crippen LogP contribution in [0.4, 0.5) is 0 Å². The van der Waals surface area contributed by atoms with E-state index in [0.717, 1.165) is 23.3 Å². The van der Waals surface area contributed by atoms with Gasteiger partial charge in [-0.15, -0.1) is 0 Å². The van der Waals surface area contributed by atoms with Crippen LogP contribution in [0.3, 0.4) is 0 Å². The molecule has 0 heterocycles. The molecular formula is C20H23NO2. The van der Waals surface area contributed by atoms with Crippen LogP contribution in [0.2, 0.25) is 0 Å². The van der Waals surface area contributed by atoms with Gasteiger partial charge in [0.25, 0.3) is 0 Å². The Kier molecular flexibility index (Phi) is 6.42. The van der Waals surface area contributed by atoms with Crippen molar-refractivity contribution in [1.82, 2.24) is 5.32 Å². The molecule has 0 spiro atoms. The largest absolute Gasteiger partial charge is 0.494 e. The summed E-state index contributed by atoms with van der Waals surface area (Å²) in [5.41, 5.74) is 2.09. The van der Waals surface area contributed by atoms with Crippen molar-refractivity contribution in [2.75, 3.05) is 6.61 Å². The molecule has 3 heteroatoms. The van der Waals surface area contributed by atoms with Gasteiger partial charge in [0.15, 0.2) is 0 Å². The van der Waals surface area contributed by atoms with Gasteiger partial charge in [-0.1, -0.05) is 49.4 Å². The maximum atomic E-state index is 12.1. The molecule has 1 N–H and O–H groups in total. The van der Waals surface area contributed by atoms with Crippen LogP contribution in [0, 0.1) is 0 Å². The van der Waals surface area contributed by atoms with Crippen LogP contribution < -0.4 is 10.1 Å². The molecule has 2 rings (SSSR count). The molecule has 2 aromatic carbocycles. The first-order chi connectivity index (χ1) is 11.2. The van der Waals surface area contributed by atoms with Crippen molar-refractivity contribution in [3.63, 3.8) is 0 Å². The van der Waals surface area contributed by atoms with Gasteiger partial charge in [-0.05, 0) is 42.7 Å². The molecule has 1 atom stereocenters. The number of ether oxygens (including phenoxy) is 1. The highest BCUT2D eigenvalue weighted by Crippen LogP contribution is 2.16. The average Bonchev–Trinajstić information content (AvgIpc) is 2.60. The number of carbonyl (C=O) groups is 1. The van der Waals surface area contributed by atoms with Crippen molar-refractivity contribution in [2.24, 2.45) is 0 Å². The lowest BCUT2D eigenvalue weighted by Crippen LogP contribution is -2.26. The standard InChI is InChI=1S/C20H23NO2/c1-3-19(17-8-6-5-7-9-17)21-20(22)15-12-16-10-13-18(14-11-16)23-4-2/h5-15,19H,3-4H2,1-2H3,(H,21,22)/b15-12+. The predicted octanol–water partition coefficient (Wildman–Crippen LogP) is 4.37. The van der Waals surface area contributed by atoms with Crippen molar-refractivity contribution >= 4 is 12.0 Å². The van der Waals surface area contributed by atoms with E-state index in [1.54, 1.807) is 6.08 Å². The minimum Gasteiger partial charge on any atom is -0.494 e. The quantitative estimate of drug-likeness (QED) is 0.771. The molecule has 2 aromatic rings. The molecule has 0 bridgehead atoms. The van der Waals surface area contributed by atoms with E-state index in [4.69, 9.17) is 4.74 Å². The maximum absolute atomic E-state index is 12.1. The Morgan fingerprint density at radius 2 is 1.78 bits per heavy atom. The predicted molar refractivity (Wildman–Crippen MR) is 94.3 cm³/mol. The summed E-state index contributed by atoms with van der Waals surface area (Å²) < 4.78 is 5.40. The summed E-state index contributed by atoms with van der Waals surface area (Å²) in [7, 11) is 0. The van der Waals surface area contributed by atoms with Crippen LogP contribution in [0.1, 0.15) is 37.4 Å². The molecule has 0 saturated heterocycles. The number of rotatable bonds is 7. The molecule has 0 aliphatic rings. The van der Waals surface area contributed by atoms with E-state index in [-0.39, 0.29) is 11.9 Å². The topological polar surface area (TPSA) is 38.3 Å². The Balaban J connectivity index is 1.95. The van der Waals surface area contributed by atoms with E-state index in [0.29, 0.717) is 6.61 Å². The third-order valence-electron chi connectivity index (χ3n) is 3.54. The van der Waals surface area contributed by atoms with Crippen molar-refractivity contribution in [3.05, 3.63) is 71.8 Å². The Morgan fingerprint density at radius 1 is 1.09 bits per heavy atom. The van der Waals surface area contributed by atoms with Gasteiger partial charge < -0.3 is 10.1 Å². The van der Waals surface area contributed by atoms with Crippen molar-refractivity contribution in [2.45, 2.75) is 26.3 Å². The van der Waals surface area contributed by atoms with Gasteiger partial charge in [0, 0.05) is 6.08 Å². The molecule has 0 aromatic heterocycles. The Labute approximate surface area is 138 Å². The molecular weight excluding hydrogens is 286 g/mol. The van der Waals surface area contributed by atoms with Crippen LogP contribution in [0.25, 0.3) is 6.08 Å². The molecule has 0 aliphatic heterocycles. The van der Waals surface area contributed by atoms with Crippen LogP contribution >= 0.6 is 0 Å². The molecule has 0 radical (unpaired) electrons. The summed E-state index contributed by atoms with van der Waals surface area (Å²) in [6, 6.07) is 17.7. The van der Waals surface area contributed by atoms with Gasteiger partial charge in [0.05, 0.1) is 12.6 Å². The second kappa shape index (κ2) is 8.79. The molecule has 0 fully saturated rings. The fourth-order valence-electron chi connectivity index (χ4n) is 2.34. The fraction of sp³-hybridized carbons (Fsp3) is 0.250. The molecule has 0 saturated carbocycles. The van der Waals surface area contributed by atoms with Gasteiger partial charge in [0.1, 0.15) is 5.75 Å². The maximum Gasteiger partial charge on any atom is 0.244 e. The summed E-state index contributed by atoms with van der Waals surface area (Å²) in [5, 5.41) is 3.03. The molecule has 1 amide bonds. The summed E-state index contributed by atoms with van der Waals surface area (Å²) in [5.74, 6) is 0.749. The average molecular weight is 309 g/mol. The molecule has 0 aliphatic carbocycles. The van der Waals surface area contributed by atoms with Gasteiger partial charge in [-0.2, -0.15) is 0 Å². The fourth-order valence-corrected chi connectivity index (χ4v) is 2.34.